The fourth-order valence-electron chi connectivity index (χ4n) is 11.6. The first-order chi connectivity index (χ1) is 29.8. The number of aromatic nitrogens is 1. The zero-order chi connectivity index (χ0) is 39.4. The molecule has 13 rings (SSSR count). The molecule has 1 unspecified atom stereocenters. The molecular weight excluding hydrogens is 723 g/mol. The molecule has 9 aromatic carbocycles. The van der Waals surface area contributed by atoms with Crippen molar-refractivity contribution in [3.05, 3.63) is 245 Å². The summed E-state index contributed by atoms with van der Waals surface area (Å²) in [7, 11) is 0. The minimum atomic E-state index is -0.304. The van der Waals surface area contributed by atoms with E-state index < -0.39 is 0 Å². The lowest BCUT2D eigenvalue weighted by Gasteiger charge is -2.31. The third-order valence-electron chi connectivity index (χ3n) is 14.1. The van der Waals surface area contributed by atoms with Gasteiger partial charge in [-0.25, -0.2) is 0 Å². The van der Waals surface area contributed by atoms with Crippen molar-refractivity contribution in [1.82, 2.24) is 4.57 Å². The Bertz CT molecular complexity index is 3300. The van der Waals surface area contributed by atoms with Crippen LogP contribution in [0.15, 0.2) is 206 Å². The number of para-hydroxylation sites is 2. The maximum absolute atomic E-state index is 2.57. The van der Waals surface area contributed by atoms with E-state index in [0.717, 1.165) is 19.3 Å². The van der Waals surface area contributed by atoms with Gasteiger partial charge in [0.25, 0.3) is 0 Å². The van der Waals surface area contributed by atoms with Crippen molar-refractivity contribution in [2.24, 2.45) is 0 Å². The Morgan fingerprint density at radius 3 is 1.75 bits per heavy atom. The van der Waals surface area contributed by atoms with Gasteiger partial charge in [0.1, 0.15) is 0 Å². The molecule has 0 bridgehead atoms. The number of benzene rings is 9. The summed E-state index contributed by atoms with van der Waals surface area (Å²) in [6.07, 6.45) is 3.19. The lowest BCUT2D eigenvalue weighted by Crippen LogP contribution is -2.26. The van der Waals surface area contributed by atoms with Crippen LogP contribution in [0.25, 0.3) is 72.0 Å². The standard InChI is InChI=1S/C59H41N/c1-2-15-43(16-3-1)60-57-25-13-9-21-50(57)52-37-40(30-33-58(52)60)39-29-32-45-42(35-41-14-4-5-17-44(41)51(45)36-39)28-26-38-27-31-49-48-20-8-12-24-55(48)59(56(49)34-38)53-22-10-6-18-46(53)47-19-7-11-23-54(47)59/h1-25,27,29-34,36-37,42H,26,28,35H2. The number of hydrogen-bond donors (Lipinski definition) is 0. The molecule has 282 valence electrons. The third kappa shape index (κ3) is 4.69. The topological polar surface area (TPSA) is 4.93 Å². The molecule has 3 aliphatic carbocycles. The van der Waals surface area contributed by atoms with Crippen LogP contribution in [0.2, 0.25) is 0 Å². The van der Waals surface area contributed by atoms with Gasteiger partial charge < -0.3 is 4.57 Å². The van der Waals surface area contributed by atoms with Gasteiger partial charge in [-0.15, -0.1) is 0 Å². The molecule has 0 N–H and O–H groups in total. The monoisotopic (exact) mass is 763 g/mol. The van der Waals surface area contributed by atoms with Gasteiger partial charge >= 0.3 is 0 Å². The van der Waals surface area contributed by atoms with Crippen LogP contribution in [0.4, 0.5) is 0 Å². The highest BCUT2D eigenvalue weighted by atomic mass is 15.0. The van der Waals surface area contributed by atoms with E-state index in [1.165, 1.54) is 111 Å². The van der Waals surface area contributed by atoms with Gasteiger partial charge in [0.15, 0.2) is 0 Å². The highest BCUT2D eigenvalue weighted by Crippen LogP contribution is 2.62. The Balaban J connectivity index is 0.879. The average Bonchev–Trinajstić information content (AvgIpc) is 3.92. The van der Waals surface area contributed by atoms with Crippen molar-refractivity contribution in [1.29, 1.82) is 0 Å². The van der Waals surface area contributed by atoms with Crippen molar-refractivity contribution in [3.8, 4) is 50.2 Å². The van der Waals surface area contributed by atoms with Gasteiger partial charge in [-0.3, -0.25) is 0 Å². The summed E-state index contributed by atoms with van der Waals surface area (Å²) in [5.41, 5.74) is 24.1. The van der Waals surface area contributed by atoms with Gasteiger partial charge in [-0.05, 0) is 145 Å². The van der Waals surface area contributed by atoms with E-state index in [2.05, 4.69) is 211 Å². The van der Waals surface area contributed by atoms with E-state index >= 15 is 0 Å². The van der Waals surface area contributed by atoms with E-state index in [1.54, 1.807) is 0 Å². The van der Waals surface area contributed by atoms with E-state index in [-0.39, 0.29) is 5.41 Å². The third-order valence-corrected chi connectivity index (χ3v) is 14.1. The molecule has 1 heterocycles. The van der Waals surface area contributed by atoms with Crippen molar-refractivity contribution in [3.63, 3.8) is 0 Å². The van der Waals surface area contributed by atoms with Crippen LogP contribution in [0.5, 0.6) is 0 Å². The number of rotatable bonds is 5. The molecule has 0 radical (unpaired) electrons. The van der Waals surface area contributed by atoms with E-state index in [0.29, 0.717) is 5.92 Å². The van der Waals surface area contributed by atoms with Crippen LogP contribution >= 0.6 is 0 Å². The second-order valence-corrected chi connectivity index (χ2v) is 17.1. The lowest BCUT2D eigenvalue weighted by atomic mass is 9.70. The normalized spacial score (nSPS) is 15.0. The number of nitrogens with zero attached hydrogens (tertiary/aromatic N) is 1. The smallest absolute Gasteiger partial charge is 0.0725 e. The molecule has 1 spiro atoms. The van der Waals surface area contributed by atoms with Crippen LogP contribution in [-0.2, 0) is 18.3 Å². The summed E-state index contributed by atoms with van der Waals surface area (Å²) < 4.78 is 2.40. The highest BCUT2D eigenvalue weighted by molar-refractivity contribution is 6.10. The van der Waals surface area contributed by atoms with E-state index in [4.69, 9.17) is 0 Å². The number of aryl methyl sites for hydroxylation is 1. The highest BCUT2D eigenvalue weighted by Gasteiger charge is 2.51. The first kappa shape index (κ1) is 33.7. The SMILES string of the molecule is c1ccc(-n2c3ccccc3c3cc(-c4ccc5c(c4)-c4ccccc4CC5CCc4ccc5c(c4)C4(c6ccccc6-c6ccccc64)c4ccccc4-5)ccc32)cc1. The summed E-state index contributed by atoms with van der Waals surface area (Å²) in [6, 6.07) is 77.8. The van der Waals surface area contributed by atoms with Crippen molar-refractivity contribution < 1.29 is 0 Å². The zero-order valence-electron chi connectivity index (χ0n) is 33.3. The Morgan fingerprint density at radius 1 is 0.417 bits per heavy atom. The number of fused-ring (bicyclic) bond motifs is 16. The molecule has 3 aliphatic rings. The van der Waals surface area contributed by atoms with Gasteiger partial charge in [0.2, 0.25) is 0 Å². The minimum Gasteiger partial charge on any atom is -0.309 e. The predicted molar refractivity (Wildman–Crippen MR) is 249 cm³/mol. The molecular formula is C59H41N. The molecule has 10 aromatic rings. The summed E-state index contributed by atoms with van der Waals surface area (Å²) in [6.45, 7) is 0. The van der Waals surface area contributed by atoms with Gasteiger partial charge in [0, 0.05) is 16.5 Å². The molecule has 60 heavy (non-hydrogen) atoms. The summed E-state index contributed by atoms with van der Waals surface area (Å²) in [4.78, 5) is 0. The molecule has 0 amide bonds. The summed E-state index contributed by atoms with van der Waals surface area (Å²) in [5, 5.41) is 2.57. The molecule has 0 saturated heterocycles. The fraction of sp³-hybridized carbons (Fsp3) is 0.0847. The molecule has 1 nitrogen and oxygen atoms in total. The fourth-order valence-corrected chi connectivity index (χ4v) is 11.6. The maximum atomic E-state index is 2.57. The zero-order valence-corrected chi connectivity index (χ0v) is 33.3. The molecule has 1 atom stereocenters. The van der Waals surface area contributed by atoms with Crippen LogP contribution < -0.4 is 0 Å². The van der Waals surface area contributed by atoms with Gasteiger partial charge in [0.05, 0.1) is 16.4 Å². The maximum Gasteiger partial charge on any atom is 0.0725 e. The van der Waals surface area contributed by atoms with Gasteiger partial charge in [-0.2, -0.15) is 0 Å². The average molecular weight is 764 g/mol. The largest absolute Gasteiger partial charge is 0.309 e. The van der Waals surface area contributed by atoms with Crippen molar-refractivity contribution >= 4 is 21.8 Å². The Morgan fingerprint density at radius 2 is 1.00 bits per heavy atom. The van der Waals surface area contributed by atoms with Crippen LogP contribution in [0.1, 0.15) is 51.3 Å². The van der Waals surface area contributed by atoms with Crippen LogP contribution in [0, 0.1) is 0 Å². The second-order valence-electron chi connectivity index (χ2n) is 17.1. The minimum absolute atomic E-state index is 0.304. The van der Waals surface area contributed by atoms with Gasteiger partial charge in [-0.1, -0.05) is 170 Å². The molecule has 1 aromatic heterocycles. The van der Waals surface area contributed by atoms with Crippen molar-refractivity contribution in [2.75, 3.05) is 0 Å². The number of hydrogen-bond acceptors (Lipinski definition) is 0. The van der Waals surface area contributed by atoms with Crippen LogP contribution in [0.3, 0.4) is 0 Å². The Hall–Kier alpha value is -7.22. The summed E-state index contributed by atoms with van der Waals surface area (Å²) in [5.74, 6) is 0.433. The molecule has 1 heteroatoms. The van der Waals surface area contributed by atoms with E-state index in [9.17, 15) is 0 Å². The van der Waals surface area contributed by atoms with Crippen molar-refractivity contribution in [2.45, 2.75) is 30.6 Å². The quantitative estimate of drug-likeness (QED) is 0.165. The molecule has 0 saturated carbocycles. The Labute approximate surface area is 350 Å². The van der Waals surface area contributed by atoms with Crippen LogP contribution in [-0.4, -0.2) is 4.57 Å². The Kier molecular flexibility index (Phi) is 7.24. The molecule has 0 fully saturated rings. The summed E-state index contributed by atoms with van der Waals surface area (Å²) >= 11 is 0. The first-order valence-corrected chi connectivity index (χ1v) is 21.5. The predicted octanol–water partition coefficient (Wildman–Crippen LogP) is 14.7. The second kappa shape index (κ2) is 12.9. The molecule has 0 aliphatic heterocycles. The first-order valence-electron chi connectivity index (χ1n) is 21.5. The lowest BCUT2D eigenvalue weighted by molar-refractivity contribution is 0.615. The van der Waals surface area contributed by atoms with E-state index in [1.807, 2.05) is 0 Å².